The summed E-state index contributed by atoms with van der Waals surface area (Å²) in [6.45, 7) is 5.30. The van der Waals surface area contributed by atoms with Crippen molar-refractivity contribution in [3.63, 3.8) is 0 Å². The van der Waals surface area contributed by atoms with Crippen LogP contribution < -0.4 is 0 Å². The van der Waals surface area contributed by atoms with Gasteiger partial charge < -0.3 is 0 Å². The molecule has 0 unspecified atom stereocenters. The van der Waals surface area contributed by atoms with E-state index in [9.17, 15) is 14.4 Å². The number of carbonyl (C=O) groups excluding carboxylic acids is 3. The maximum atomic E-state index is 11.6. The third-order valence-corrected chi connectivity index (χ3v) is 5.49. The third kappa shape index (κ3) is 8.41. The van der Waals surface area contributed by atoms with Gasteiger partial charge in [-0.05, 0) is 0 Å². The summed E-state index contributed by atoms with van der Waals surface area (Å²) >= 11 is 0.367. The second-order valence-corrected chi connectivity index (χ2v) is 7.64. The van der Waals surface area contributed by atoms with Gasteiger partial charge in [0, 0.05) is 0 Å². The molecule has 0 aliphatic carbocycles. The molecule has 0 amide bonds. The van der Waals surface area contributed by atoms with E-state index in [2.05, 4.69) is 2.87 Å². The minimum atomic E-state index is -4.94. The SMILES string of the molecule is CCCC(=O)[O][Ti]([O]Cl)([O]C(=O)CCC)[O]C(=O)CCC. The van der Waals surface area contributed by atoms with Crippen LogP contribution in [0, 0.1) is 0 Å². The fraction of sp³-hybridized carbons (Fsp3) is 0.750. The van der Waals surface area contributed by atoms with Crippen LogP contribution in [0.4, 0.5) is 0 Å². The van der Waals surface area contributed by atoms with Gasteiger partial charge in [-0.2, -0.15) is 0 Å². The van der Waals surface area contributed by atoms with Crippen molar-refractivity contribution in [2.45, 2.75) is 59.3 Å². The maximum absolute atomic E-state index is 11.6. The molecular weight excluding hydrogens is 339 g/mol. The van der Waals surface area contributed by atoms with E-state index >= 15 is 0 Å². The summed E-state index contributed by atoms with van der Waals surface area (Å²) in [4.78, 5) is 34.8. The topological polar surface area (TPSA) is 88.1 Å². The van der Waals surface area contributed by atoms with Crippen LogP contribution >= 0.6 is 11.9 Å². The van der Waals surface area contributed by atoms with Gasteiger partial charge >= 0.3 is 134 Å². The molecule has 0 aromatic carbocycles. The number of hydrogen-bond donors (Lipinski definition) is 0. The molecule has 0 saturated heterocycles. The zero-order chi connectivity index (χ0) is 16.3. The van der Waals surface area contributed by atoms with Gasteiger partial charge in [0.05, 0.1) is 0 Å². The van der Waals surface area contributed by atoms with Crippen LogP contribution in [0.3, 0.4) is 0 Å². The Balaban J connectivity index is 5.02. The number of rotatable bonds is 10. The fourth-order valence-corrected chi connectivity index (χ4v) is 3.81. The van der Waals surface area contributed by atoms with Crippen molar-refractivity contribution in [1.29, 1.82) is 0 Å². The van der Waals surface area contributed by atoms with Gasteiger partial charge in [-0.15, -0.1) is 0 Å². The van der Waals surface area contributed by atoms with Gasteiger partial charge in [0.15, 0.2) is 0 Å². The number of hydrogen-bond acceptors (Lipinski definition) is 7. The summed E-state index contributed by atoms with van der Waals surface area (Å²) in [5, 5.41) is 0. The molecule has 9 heteroatoms. The number of carbonyl (C=O) groups is 3. The molecule has 7 nitrogen and oxygen atoms in total. The molecule has 0 atom stereocenters. The quantitative estimate of drug-likeness (QED) is 0.553. The molecule has 0 aliphatic heterocycles. The Morgan fingerprint density at radius 2 is 1.05 bits per heavy atom. The normalized spacial score (nSPS) is 10.9. The molecule has 0 bridgehead atoms. The van der Waals surface area contributed by atoms with E-state index in [1.54, 1.807) is 20.8 Å². The summed E-state index contributed by atoms with van der Waals surface area (Å²) in [5.41, 5.74) is 0. The van der Waals surface area contributed by atoms with Crippen molar-refractivity contribution < 1.29 is 45.4 Å². The van der Waals surface area contributed by atoms with Gasteiger partial charge in [-0.1, -0.05) is 0 Å². The van der Waals surface area contributed by atoms with Crippen LogP contribution in [-0.4, -0.2) is 17.9 Å². The Labute approximate surface area is 134 Å². The summed E-state index contributed by atoms with van der Waals surface area (Å²) in [7, 11) is 0. The van der Waals surface area contributed by atoms with Gasteiger partial charge in [0.25, 0.3) is 0 Å². The summed E-state index contributed by atoms with van der Waals surface area (Å²) in [6, 6.07) is 0. The van der Waals surface area contributed by atoms with E-state index in [4.69, 9.17) is 21.8 Å². The van der Waals surface area contributed by atoms with Crippen LogP contribution in [-0.2, 0) is 45.4 Å². The molecule has 0 fully saturated rings. The molecule has 122 valence electrons. The zero-order valence-electron chi connectivity index (χ0n) is 12.5. The van der Waals surface area contributed by atoms with Crippen molar-refractivity contribution >= 4 is 29.8 Å². The van der Waals surface area contributed by atoms with E-state index in [0.29, 0.717) is 19.3 Å². The van der Waals surface area contributed by atoms with Crippen molar-refractivity contribution in [1.82, 2.24) is 0 Å². The average Bonchev–Trinajstić information content (AvgIpc) is 2.39. The molecule has 21 heavy (non-hydrogen) atoms. The Bertz CT molecular complexity index is 311. The molecule has 0 spiro atoms. The molecular formula is C12H21ClO7Ti. The number of halogens is 1. The predicted octanol–water partition coefficient (Wildman–Crippen LogP) is 3.00. The second kappa shape index (κ2) is 11.0. The van der Waals surface area contributed by atoms with Crippen LogP contribution in [0.2, 0.25) is 0 Å². The van der Waals surface area contributed by atoms with Crippen molar-refractivity contribution in [2.24, 2.45) is 0 Å². The first-order chi connectivity index (χ1) is 9.92. The third-order valence-electron chi connectivity index (χ3n) is 2.17. The van der Waals surface area contributed by atoms with E-state index in [0.717, 1.165) is 0 Å². The molecule has 0 aromatic heterocycles. The van der Waals surface area contributed by atoms with E-state index < -0.39 is 36.0 Å². The van der Waals surface area contributed by atoms with Gasteiger partial charge in [0.1, 0.15) is 0 Å². The van der Waals surface area contributed by atoms with Gasteiger partial charge in [-0.3, -0.25) is 0 Å². The summed E-state index contributed by atoms with van der Waals surface area (Å²) in [5.74, 6) is -2.06. The van der Waals surface area contributed by atoms with Crippen LogP contribution in [0.15, 0.2) is 0 Å². The van der Waals surface area contributed by atoms with E-state index in [1.807, 2.05) is 0 Å². The molecule has 0 heterocycles. The molecule has 0 saturated carbocycles. The van der Waals surface area contributed by atoms with Crippen molar-refractivity contribution in [3.05, 3.63) is 0 Å². The fourth-order valence-electron chi connectivity index (χ4n) is 1.29. The summed E-state index contributed by atoms with van der Waals surface area (Å²) < 4.78 is 19.4. The molecule has 0 aliphatic rings. The van der Waals surface area contributed by atoms with Crippen LogP contribution in [0.5, 0.6) is 0 Å². The van der Waals surface area contributed by atoms with Crippen LogP contribution in [0.1, 0.15) is 59.3 Å². The first-order valence-electron chi connectivity index (χ1n) is 6.88. The molecule has 0 rings (SSSR count). The predicted molar refractivity (Wildman–Crippen MR) is 69.9 cm³/mol. The molecule has 0 aromatic rings. The van der Waals surface area contributed by atoms with E-state index in [1.165, 1.54) is 0 Å². The van der Waals surface area contributed by atoms with Crippen molar-refractivity contribution in [2.75, 3.05) is 0 Å². The Kier molecular flexibility index (Phi) is 10.7. The Hall–Kier alpha value is -0.626. The average molecular weight is 361 g/mol. The molecule has 0 N–H and O–H groups in total. The Morgan fingerprint density at radius 1 is 0.762 bits per heavy atom. The first-order valence-corrected chi connectivity index (χ1v) is 9.74. The standard InChI is InChI=1S/3C4H8O2.ClO.Ti/c3*1-2-3-4(5)6;1-2;/h3*2-3H2,1H3,(H,5,6);;/q;;;-1;+4/p-3. The first kappa shape index (κ1) is 20.4. The monoisotopic (exact) mass is 360 g/mol. The Morgan fingerprint density at radius 3 is 1.24 bits per heavy atom. The van der Waals surface area contributed by atoms with Gasteiger partial charge in [0.2, 0.25) is 0 Å². The minimum absolute atomic E-state index is 0.0733. The summed E-state index contributed by atoms with van der Waals surface area (Å²) in [6.07, 6.45) is 1.78. The van der Waals surface area contributed by atoms with Crippen molar-refractivity contribution in [3.8, 4) is 0 Å². The van der Waals surface area contributed by atoms with Crippen LogP contribution in [0.25, 0.3) is 0 Å². The second-order valence-electron chi connectivity index (χ2n) is 4.25. The van der Waals surface area contributed by atoms with Gasteiger partial charge in [-0.25, -0.2) is 0 Å². The molecule has 0 radical (unpaired) electrons. The van der Waals surface area contributed by atoms with E-state index in [-0.39, 0.29) is 19.3 Å². The zero-order valence-corrected chi connectivity index (χ0v) is 14.8.